The third-order valence-electron chi connectivity index (χ3n) is 4.95. The molecule has 0 aliphatic carbocycles. The van der Waals surface area contributed by atoms with Gasteiger partial charge < -0.3 is 14.7 Å². The molecule has 2 aromatic carbocycles. The largest absolute Gasteiger partial charge is 0.481 e. The van der Waals surface area contributed by atoms with Crippen molar-refractivity contribution in [1.29, 1.82) is 0 Å². The standard InChI is InChI=1S/C21H22N2O6/c24-20(25)11-8-15-5-4-12-22(14-15)21(26)18-13-16(23(27)28)9-10-19(18)29-17-6-2-1-3-7-17/h1-3,6-7,9-10,13,15H,4-5,8,11-12,14H2,(H,24,25). The van der Waals surface area contributed by atoms with Crippen molar-refractivity contribution in [1.82, 2.24) is 4.90 Å². The average molecular weight is 398 g/mol. The van der Waals surface area contributed by atoms with Crippen LogP contribution >= 0.6 is 0 Å². The summed E-state index contributed by atoms with van der Waals surface area (Å²) >= 11 is 0. The minimum atomic E-state index is -0.856. The summed E-state index contributed by atoms with van der Waals surface area (Å²) in [7, 11) is 0. The van der Waals surface area contributed by atoms with Crippen molar-refractivity contribution in [2.75, 3.05) is 13.1 Å². The second-order valence-electron chi connectivity index (χ2n) is 7.04. The number of carboxylic acids is 1. The number of nitro benzene ring substituents is 1. The zero-order valence-electron chi connectivity index (χ0n) is 15.8. The SMILES string of the molecule is O=C(O)CCC1CCCN(C(=O)c2cc([N+](=O)[O-])ccc2Oc2ccccc2)C1. The molecular weight excluding hydrogens is 376 g/mol. The Morgan fingerprint density at radius 1 is 1.21 bits per heavy atom. The second-order valence-corrected chi connectivity index (χ2v) is 7.04. The van der Waals surface area contributed by atoms with Crippen LogP contribution in [0.4, 0.5) is 5.69 Å². The van der Waals surface area contributed by atoms with Gasteiger partial charge in [0.05, 0.1) is 10.5 Å². The number of piperidine rings is 1. The predicted octanol–water partition coefficient (Wildman–Crippen LogP) is 4.10. The summed E-state index contributed by atoms with van der Waals surface area (Å²) in [6, 6.07) is 12.9. The van der Waals surface area contributed by atoms with Crippen molar-refractivity contribution in [2.24, 2.45) is 5.92 Å². The Kier molecular flexibility index (Phi) is 6.43. The summed E-state index contributed by atoms with van der Waals surface area (Å²) in [6.45, 7) is 0.954. The molecule has 0 spiro atoms. The number of aliphatic carboxylic acids is 1. The lowest BCUT2D eigenvalue weighted by molar-refractivity contribution is -0.384. The molecule has 0 aromatic heterocycles. The molecule has 8 heteroatoms. The quantitative estimate of drug-likeness (QED) is 0.555. The van der Waals surface area contributed by atoms with Crippen molar-refractivity contribution >= 4 is 17.6 Å². The van der Waals surface area contributed by atoms with Gasteiger partial charge in [-0.2, -0.15) is 0 Å². The first-order chi connectivity index (χ1) is 13.9. The van der Waals surface area contributed by atoms with E-state index in [2.05, 4.69) is 0 Å². The number of nitro groups is 1. The van der Waals surface area contributed by atoms with E-state index in [-0.39, 0.29) is 35.2 Å². The first kappa shape index (κ1) is 20.3. The van der Waals surface area contributed by atoms with E-state index >= 15 is 0 Å². The molecule has 1 N–H and O–H groups in total. The number of ether oxygens (including phenoxy) is 1. The van der Waals surface area contributed by atoms with E-state index in [0.29, 0.717) is 25.3 Å². The Morgan fingerprint density at radius 2 is 1.97 bits per heavy atom. The van der Waals surface area contributed by atoms with Crippen LogP contribution in [-0.2, 0) is 4.79 Å². The fourth-order valence-corrected chi connectivity index (χ4v) is 3.49. The van der Waals surface area contributed by atoms with Gasteiger partial charge in [-0.25, -0.2) is 0 Å². The number of benzene rings is 2. The number of hydrogen-bond donors (Lipinski definition) is 1. The summed E-state index contributed by atoms with van der Waals surface area (Å²) in [6.07, 6.45) is 2.19. The Bertz CT molecular complexity index is 899. The Labute approximate surface area is 167 Å². The number of carbonyl (C=O) groups is 2. The minimum Gasteiger partial charge on any atom is -0.481 e. The van der Waals surface area contributed by atoms with Gasteiger partial charge in [-0.15, -0.1) is 0 Å². The summed E-state index contributed by atoms with van der Waals surface area (Å²) < 4.78 is 5.81. The molecule has 1 aliphatic rings. The maximum atomic E-state index is 13.2. The van der Waals surface area contributed by atoms with Gasteiger partial charge in [0.15, 0.2) is 0 Å². The van der Waals surface area contributed by atoms with Crippen LogP contribution in [0.25, 0.3) is 0 Å². The van der Waals surface area contributed by atoms with Gasteiger partial charge in [-0.05, 0) is 43.4 Å². The third kappa shape index (κ3) is 5.31. The molecule has 29 heavy (non-hydrogen) atoms. The van der Waals surface area contributed by atoms with Crippen LogP contribution in [0, 0.1) is 16.0 Å². The lowest BCUT2D eigenvalue weighted by Gasteiger charge is -2.33. The molecule has 0 radical (unpaired) electrons. The fourth-order valence-electron chi connectivity index (χ4n) is 3.49. The topological polar surface area (TPSA) is 110 Å². The van der Waals surface area contributed by atoms with Gasteiger partial charge in [0.2, 0.25) is 0 Å². The predicted molar refractivity (Wildman–Crippen MR) is 105 cm³/mol. The van der Waals surface area contributed by atoms with Crippen molar-refractivity contribution < 1.29 is 24.4 Å². The number of rotatable bonds is 7. The monoisotopic (exact) mass is 398 g/mol. The van der Waals surface area contributed by atoms with E-state index in [1.807, 2.05) is 6.07 Å². The third-order valence-corrected chi connectivity index (χ3v) is 4.95. The molecule has 1 amide bonds. The van der Waals surface area contributed by atoms with Crippen molar-refractivity contribution in [3.63, 3.8) is 0 Å². The van der Waals surface area contributed by atoms with Gasteiger partial charge in [-0.3, -0.25) is 19.7 Å². The normalized spacial score (nSPS) is 16.3. The van der Waals surface area contributed by atoms with Gasteiger partial charge in [0.1, 0.15) is 11.5 Å². The molecule has 3 rings (SSSR count). The van der Waals surface area contributed by atoms with Crippen LogP contribution < -0.4 is 4.74 Å². The van der Waals surface area contributed by atoms with E-state index in [4.69, 9.17) is 9.84 Å². The molecule has 1 saturated heterocycles. The van der Waals surface area contributed by atoms with Crippen molar-refractivity contribution in [3.05, 3.63) is 64.2 Å². The van der Waals surface area contributed by atoms with Crippen LogP contribution in [0.1, 0.15) is 36.0 Å². The molecule has 1 heterocycles. The fraction of sp³-hybridized carbons (Fsp3) is 0.333. The van der Waals surface area contributed by atoms with Gasteiger partial charge >= 0.3 is 5.97 Å². The van der Waals surface area contributed by atoms with E-state index in [0.717, 1.165) is 12.8 Å². The zero-order chi connectivity index (χ0) is 20.8. The summed E-state index contributed by atoms with van der Waals surface area (Å²) in [4.78, 5) is 36.3. The Morgan fingerprint density at radius 3 is 2.66 bits per heavy atom. The highest BCUT2D eigenvalue weighted by Crippen LogP contribution is 2.31. The molecule has 1 unspecified atom stereocenters. The molecule has 1 atom stereocenters. The molecule has 1 aliphatic heterocycles. The van der Waals surface area contributed by atoms with Crippen LogP contribution in [0.5, 0.6) is 11.5 Å². The number of likely N-dealkylation sites (tertiary alicyclic amines) is 1. The van der Waals surface area contributed by atoms with Crippen LogP contribution in [0.15, 0.2) is 48.5 Å². The smallest absolute Gasteiger partial charge is 0.303 e. The second kappa shape index (κ2) is 9.18. The number of amides is 1. The van der Waals surface area contributed by atoms with Crippen molar-refractivity contribution in [2.45, 2.75) is 25.7 Å². The van der Waals surface area contributed by atoms with E-state index in [1.165, 1.54) is 18.2 Å². The number of carboxylic acid groups (broad SMARTS) is 1. The summed E-state index contributed by atoms with van der Waals surface area (Å²) in [5, 5.41) is 20.1. The van der Waals surface area contributed by atoms with Gasteiger partial charge in [0.25, 0.3) is 11.6 Å². The molecular formula is C21H22N2O6. The molecule has 2 aromatic rings. The van der Waals surface area contributed by atoms with Crippen molar-refractivity contribution in [3.8, 4) is 11.5 Å². The Hall–Kier alpha value is -3.42. The highest BCUT2D eigenvalue weighted by Gasteiger charge is 2.28. The van der Waals surface area contributed by atoms with Gasteiger partial charge in [-0.1, -0.05) is 18.2 Å². The number of para-hydroxylation sites is 1. The first-order valence-corrected chi connectivity index (χ1v) is 9.46. The Balaban J connectivity index is 1.84. The lowest BCUT2D eigenvalue weighted by atomic mass is 9.93. The van der Waals surface area contributed by atoms with Gasteiger partial charge in [0, 0.05) is 31.6 Å². The number of carbonyl (C=O) groups excluding carboxylic acids is 1. The van der Waals surface area contributed by atoms with Crippen LogP contribution in [0.3, 0.4) is 0 Å². The molecule has 8 nitrogen and oxygen atoms in total. The highest BCUT2D eigenvalue weighted by atomic mass is 16.6. The van der Waals surface area contributed by atoms with E-state index in [9.17, 15) is 19.7 Å². The molecule has 1 fully saturated rings. The zero-order valence-corrected chi connectivity index (χ0v) is 15.8. The highest BCUT2D eigenvalue weighted by molar-refractivity contribution is 5.97. The molecule has 0 bridgehead atoms. The lowest BCUT2D eigenvalue weighted by Crippen LogP contribution is -2.40. The van der Waals surface area contributed by atoms with Crippen LogP contribution in [-0.4, -0.2) is 39.9 Å². The van der Waals surface area contributed by atoms with E-state index in [1.54, 1.807) is 29.2 Å². The number of nitrogens with zero attached hydrogens (tertiary/aromatic N) is 2. The maximum Gasteiger partial charge on any atom is 0.303 e. The summed E-state index contributed by atoms with van der Waals surface area (Å²) in [5.41, 5.74) is -0.0601. The molecule has 152 valence electrons. The van der Waals surface area contributed by atoms with E-state index < -0.39 is 10.9 Å². The average Bonchev–Trinajstić information content (AvgIpc) is 2.73. The maximum absolute atomic E-state index is 13.2. The van der Waals surface area contributed by atoms with Crippen LogP contribution in [0.2, 0.25) is 0 Å². The first-order valence-electron chi connectivity index (χ1n) is 9.46. The summed E-state index contributed by atoms with van der Waals surface area (Å²) in [5.74, 6) is -0.334. The molecule has 0 saturated carbocycles. The number of non-ortho nitro benzene ring substituents is 1. The minimum absolute atomic E-state index is 0.0614. The number of hydrogen-bond acceptors (Lipinski definition) is 5.